The number of aromatic nitrogens is 1. The minimum Gasteiger partial charge on any atom is -0.398 e. The summed E-state index contributed by atoms with van der Waals surface area (Å²) in [7, 11) is 0. The molecule has 1 aliphatic carbocycles. The fourth-order valence-corrected chi connectivity index (χ4v) is 2.18. The number of anilines is 2. The van der Waals surface area contributed by atoms with Crippen LogP contribution in [0.15, 0.2) is 30.6 Å². The van der Waals surface area contributed by atoms with Crippen molar-refractivity contribution in [1.82, 2.24) is 4.98 Å². The lowest BCUT2D eigenvalue weighted by molar-refractivity contribution is -0.151. The smallest absolute Gasteiger partial charge is 0.398 e. The maximum Gasteiger partial charge on any atom is 0.411 e. The van der Waals surface area contributed by atoms with Crippen LogP contribution in [0, 0.1) is 0 Å². The Morgan fingerprint density at radius 2 is 1.89 bits per heavy atom. The van der Waals surface area contributed by atoms with Crippen LogP contribution in [0.1, 0.15) is 12.8 Å². The van der Waals surface area contributed by atoms with Gasteiger partial charge in [0.05, 0.1) is 0 Å². The van der Waals surface area contributed by atoms with E-state index in [9.17, 15) is 13.2 Å². The molecular weight excluding hydrogens is 255 g/mol. The van der Waals surface area contributed by atoms with E-state index in [0.29, 0.717) is 22.1 Å². The average molecular weight is 267 g/mol. The monoisotopic (exact) mass is 267 g/mol. The average Bonchev–Trinajstić information content (AvgIpc) is 3.14. The lowest BCUT2D eigenvalue weighted by atomic mass is 10.1. The summed E-state index contributed by atoms with van der Waals surface area (Å²) in [6, 6.07) is 4.85. The van der Waals surface area contributed by atoms with Gasteiger partial charge in [-0.25, -0.2) is 0 Å². The SMILES string of the molecule is Nc1ccc(NC2(C(F)(F)F)CC2)c2ccncc12. The Morgan fingerprint density at radius 3 is 2.53 bits per heavy atom. The number of halogens is 3. The standard InChI is InChI=1S/C13H12F3N3/c14-13(15,16)12(4-5-12)19-11-2-1-10(17)9-7-18-6-3-8(9)11/h1-3,6-7,19H,4-5,17H2. The van der Waals surface area contributed by atoms with Crippen molar-refractivity contribution in [2.24, 2.45) is 0 Å². The maximum absolute atomic E-state index is 13.0. The van der Waals surface area contributed by atoms with Crippen molar-refractivity contribution in [2.45, 2.75) is 24.6 Å². The number of hydrogen-bond acceptors (Lipinski definition) is 3. The van der Waals surface area contributed by atoms with Gasteiger partial charge >= 0.3 is 6.18 Å². The molecule has 0 bridgehead atoms. The molecule has 19 heavy (non-hydrogen) atoms. The molecule has 1 aromatic carbocycles. The molecule has 0 unspecified atom stereocenters. The van der Waals surface area contributed by atoms with Gasteiger partial charge in [-0.3, -0.25) is 4.98 Å². The van der Waals surface area contributed by atoms with Crippen molar-refractivity contribution in [1.29, 1.82) is 0 Å². The third-order valence-corrected chi connectivity index (χ3v) is 3.52. The molecule has 0 saturated heterocycles. The Labute approximate surface area is 107 Å². The summed E-state index contributed by atoms with van der Waals surface area (Å²) in [5, 5.41) is 3.95. The van der Waals surface area contributed by atoms with Crippen molar-refractivity contribution in [3.8, 4) is 0 Å². The molecule has 1 saturated carbocycles. The molecule has 1 fully saturated rings. The van der Waals surface area contributed by atoms with Gasteiger partial charge in [0.1, 0.15) is 5.54 Å². The van der Waals surface area contributed by atoms with Crippen LogP contribution in [-0.2, 0) is 0 Å². The number of fused-ring (bicyclic) bond motifs is 1. The Balaban J connectivity index is 2.06. The second-order valence-electron chi connectivity index (χ2n) is 4.83. The summed E-state index contributed by atoms with van der Waals surface area (Å²) < 4.78 is 38.9. The van der Waals surface area contributed by atoms with E-state index >= 15 is 0 Å². The van der Waals surface area contributed by atoms with Crippen molar-refractivity contribution in [3.05, 3.63) is 30.6 Å². The Hall–Kier alpha value is -1.98. The van der Waals surface area contributed by atoms with Crippen molar-refractivity contribution >= 4 is 22.1 Å². The molecule has 3 N–H and O–H groups in total. The molecule has 0 spiro atoms. The number of nitrogen functional groups attached to an aromatic ring is 1. The number of hydrogen-bond donors (Lipinski definition) is 2. The number of alkyl halides is 3. The number of rotatable bonds is 2. The van der Waals surface area contributed by atoms with Crippen LogP contribution in [0.2, 0.25) is 0 Å². The third-order valence-electron chi connectivity index (χ3n) is 3.52. The minimum atomic E-state index is -4.24. The Morgan fingerprint density at radius 1 is 1.16 bits per heavy atom. The highest BCUT2D eigenvalue weighted by molar-refractivity contribution is 6.00. The van der Waals surface area contributed by atoms with Crippen molar-refractivity contribution in [2.75, 3.05) is 11.1 Å². The van der Waals surface area contributed by atoms with Gasteiger partial charge in [0.25, 0.3) is 0 Å². The number of nitrogens with two attached hydrogens (primary N) is 1. The summed E-state index contributed by atoms with van der Waals surface area (Å²) in [4.78, 5) is 3.95. The van der Waals surface area contributed by atoms with Gasteiger partial charge in [0, 0.05) is 34.5 Å². The van der Waals surface area contributed by atoms with Crippen molar-refractivity contribution in [3.63, 3.8) is 0 Å². The molecule has 0 aliphatic heterocycles. The molecule has 3 rings (SSSR count). The summed E-state index contributed by atoms with van der Waals surface area (Å²) in [5.74, 6) is 0. The van der Waals surface area contributed by atoms with Crippen LogP contribution >= 0.6 is 0 Å². The first-order valence-corrected chi connectivity index (χ1v) is 5.90. The van der Waals surface area contributed by atoms with Crippen LogP contribution in [0.4, 0.5) is 24.5 Å². The highest BCUT2D eigenvalue weighted by Gasteiger charge is 2.63. The lowest BCUT2D eigenvalue weighted by Gasteiger charge is -2.23. The molecule has 1 heterocycles. The first kappa shape index (κ1) is 12.1. The maximum atomic E-state index is 13.0. The number of benzene rings is 1. The predicted molar refractivity (Wildman–Crippen MR) is 67.8 cm³/mol. The normalized spacial score (nSPS) is 17.4. The van der Waals surface area contributed by atoms with Gasteiger partial charge in [-0.2, -0.15) is 13.2 Å². The van der Waals surface area contributed by atoms with Crippen LogP contribution in [0.25, 0.3) is 10.8 Å². The fraction of sp³-hybridized carbons (Fsp3) is 0.308. The minimum absolute atomic E-state index is 0.105. The van der Waals surface area contributed by atoms with E-state index in [-0.39, 0.29) is 12.8 Å². The molecule has 0 amide bonds. The number of nitrogens with zero attached hydrogens (tertiary/aromatic N) is 1. The number of nitrogens with one attached hydrogen (secondary N) is 1. The van der Waals surface area contributed by atoms with Gasteiger partial charge in [0.15, 0.2) is 0 Å². The van der Waals surface area contributed by atoms with E-state index in [1.807, 2.05) is 0 Å². The first-order chi connectivity index (χ1) is 8.93. The topological polar surface area (TPSA) is 50.9 Å². The Bertz CT molecular complexity index is 633. The van der Waals surface area contributed by atoms with E-state index in [1.54, 1.807) is 30.6 Å². The predicted octanol–water partition coefficient (Wildman–Crippen LogP) is 3.32. The summed E-state index contributed by atoms with van der Waals surface area (Å²) >= 11 is 0. The van der Waals surface area contributed by atoms with Crippen LogP contribution < -0.4 is 11.1 Å². The van der Waals surface area contributed by atoms with Gasteiger partial charge in [-0.05, 0) is 31.0 Å². The molecule has 0 atom stereocenters. The fourth-order valence-electron chi connectivity index (χ4n) is 2.18. The molecule has 0 radical (unpaired) electrons. The van der Waals surface area contributed by atoms with Gasteiger partial charge in [-0.15, -0.1) is 0 Å². The zero-order valence-corrected chi connectivity index (χ0v) is 9.96. The van der Waals surface area contributed by atoms with Crippen LogP contribution in [0.5, 0.6) is 0 Å². The number of pyridine rings is 1. The molecule has 100 valence electrons. The summed E-state index contributed by atoms with van der Waals surface area (Å²) in [6.45, 7) is 0. The molecule has 3 nitrogen and oxygen atoms in total. The van der Waals surface area contributed by atoms with E-state index in [0.717, 1.165) is 0 Å². The second kappa shape index (κ2) is 3.76. The first-order valence-electron chi connectivity index (χ1n) is 5.90. The lowest BCUT2D eigenvalue weighted by Crippen LogP contribution is -2.38. The highest BCUT2D eigenvalue weighted by Crippen LogP contribution is 2.51. The molecule has 1 aliphatic rings. The molecule has 2 aromatic rings. The quantitative estimate of drug-likeness (QED) is 0.821. The van der Waals surface area contributed by atoms with Gasteiger partial charge in [-0.1, -0.05) is 0 Å². The largest absolute Gasteiger partial charge is 0.411 e. The zero-order chi connectivity index (χ0) is 13.7. The zero-order valence-electron chi connectivity index (χ0n) is 9.96. The summed E-state index contributed by atoms with van der Waals surface area (Å²) in [6.07, 6.45) is -0.933. The highest BCUT2D eigenvalue weighted by atomic mass is 19.4. The van der Waals surface area contributed by atoms with Crippen LogP contribution in [-0.4, -0.2) is 16.7 Å². The molecule has 6 heteroatoms. The van der Waals surface area contributed by atoms with Crippen molar-refractivity contribution < 1.29 is 13.2 Å². The van der Waals surface area contributed by atoms with E-state index in [4.69, 9.17) is 5.73 Å². The van der Waals surface area contributed by atoms with Gasteiger partial charge in [0.2, 0.25) is 0 Å². The Kier molecular flexibility index (Phi) is 2.39. The molecule has 1 aromatic heterocycles. The van der Waals surface area contributed by atoms with E-state index in [2.05, 4.69) is 10.3 Å². The summed E-state index contributed by atoms with van der Waals surface area (Å²) in [5.41, 5.74) is 4.97. The third kappa shape index (κ3) is 1.87. The van der Waals surface area contributed by atoms with Crippen LogP contribution in [0.3, 0.4) is 0 Å². The second-order valence-corrected chi connectivity index (χ2v) is 4.83. The van der Waals surface area contributed by atoms with E-state index < -0.39 is 11.7 Å². The van der Waals surface area contributed by atoms with E-state index in [1.165, 1.54) is 0 Å². The molecular formula is C13H12F3N3. The van der Waals surface area contributed by atoms with Gasteiger partial charge < -0.3 is 11.1 Å².